The van der Waals surface area contributed by atoms with Crippen molar-refractivity contribution in [3.8, 4) is 0 Å². The maximum atomic E-state index is 12.5. The molecule has 1 aromatic carbocycles. The van der Waals surface area contributed by atoms with Crippen LogP contribution < -0.4 is 10.6 Å². The molecule has 0 aliphatic carbocycles. The molecule has 6 nitrogen and oxygen atoms in total. The normalized spacial score (nSPS) is 16.2. The molecule has 7 heteroatoms. The lowest BCUT2D eigenvalue weighted by molar-refractivity contribution is 0.477. The molecule has 0 radical (unpaired) electrons. The molecule has 0 saturated carbocycles. The predicted octanol–water partition coefficient (Wildman–Crippen LogP) is 2.57. The molecule has 1 aliphatic rings. The predicted molar refractivity (Wildman–Crippen MR) is 107 cm³/mol. The van der Waals surface area contributed by atoms with Crippen LogP contribution in [-0.2, 0) is 16.6 Å². The van der Waals surface area contributed by atoms with Crippen LogP contribution in [0.15, 0.2) is 34.2 Å². The third-order valence-corrected chi connectivity index (χ3v) is 6.32. The Morgan fingerprint density at radius 1 is 1.15 bits per heavy atom. The lowest BCUT2D eigenvalue weighted by Crippen LogP contribution is -2.38. The second-order valence-electron chi connectivity index (χ2n) is 7.06. The van der Waals surface area contributed by atoms with Crippen LogP contribution in [0.3, 0.4) is 0 Å². The summed E-state index contributed by atoms with van der Waals surface area (Å²) in [6.45, 7) is 9.90. The van der Waals surface area contributed by atoms with Gasteiger partial charge in [-0.3, -0.25) is 0 Å². The number of aliphatic imine (C=N–C) groups is 1. The quantitative estimate of drug-likeness (QED) is 0.537. The van der Waals surface area contributed by atoms with Crippen molar-refractivity contribution >= 4 is 16.0 Å². The van der Waals surface area contributed by atoms with Crippen molar-refractivity contribution < 1.29 is 8.42 Å². The Hall–Kier alpha value is -1.60. The summed E-state index contributed by atoms with van der Waals surface area (Å²) in [7, 11) is -3.34. The summed E-state index contributed by atoms with van der Waals surface area (Å²) in [6.07, 6.45) is 2.99. The molecule has 0 atom stereocenters. The largest absolute Gasteiger partial charge is 0.357 e. The van der Waals surface area contributed by atoms with Gasteiger partial charge >= 0.3 is 0 Å². The van der Waals surface area contributed by atoms with Crippen LogP contribution in [0.25, 0.3) is 0 Å². The minimum absolute atomic E-state index is 0.370. The minimum atomic E-state index is -3.34. The monoisotopic (exact) mass is 380 g/mol. The van der Waals surface area contributed by atoms with E-state index in [9.17, 15) is 8.42 Å². The SMILES string of the molecule is CCNC(=NCc1ccc(S(=O)(=O)N2CCCC2)cc1)NCCC(C)C. The molecular weight excluding hydrogens is 348 g/mol. The highest BCUT2D eigenvalue weighted by Crippen LogP contribution is 2.21. The first-order valence-corrected chi connectivity index (χ1v) is 11.0. The Bertz CT molecular complexity index is 678. The van der Waals surface area contributed by atoms with Crippen molar-refractivity contribution in [2.24, 2.45) is 10.9 Å². The van der Waals surface area contributed by atoms with Crippen LogP contribution >= 0.6 is 0 Å². The van der Waals surface area contributed by atoms with E-state index in [1.165, 1.54) is 0 Å². The zero-order valence-corrected chi connectivity index (χ0v) is 17.0. The lowest BCUT2D eigenvalue weighted by Gasteiger charge is -2.15. The van der Waals surface area contributed by atoms with Gasteiger partial charge < -0.3 is 10.6 Å². The van der Waals surface area contributed by atoms with Gasteiger partial charge in [0.1, 0.15) is 0 Å². The Kier molecular flexibility index (Phi) is 7.90. The van der Waals surface area contributed by atoms with Gasteiger partial charge in [0.15, 0.2) is 5.96 Å². The second-order valence-corrected chi connectivity index (χ2v) is 9.00. The van der Waals surface area contributed by atoms with Crippen LogP contribution in [0, 0.1) is 5.92 Å². The van der Waals surface area contributed by atoms with Gasteiger partial charge in [0.25, 0.3) is 0 Å². The molecule has 1 saturated heterocycles. The Balaban J connectivity index is 1.98. The van der Waals surface area contributed by atoms with Crippen molar-refractivity contribution in [3.05, 3.63) is 29.8 Å². The number of sulfonamides is 1. The van der Waals surface area contributed by atoms with Crippen LogP contribution in [0.2, 0.25) is 0 Å². The van der Waals surface area contributed by atoms with E-state index < -0.39 is 10.0 Å². The van der Waals surface area contributed by atoms with Gasteiger partial charge in [-0.2, -0.15) is 4.31 Å². The molecular formula is C19H32N4O2S. The standard InChI is InChI=1S/C19H32N4O2S/c1-4-20-19(21-12-11-16(2)3)22-15-17-7-9-18(10-8-17)26(24,25)23-13-5-6-14-23/h7-10,16H,4-6,11-15H2,1-3H3,(H2,20,21,22). The number of hydrogen-bond donors (Lipinski definition) is 2. The summed E-state index contributed by atoms with van der Waals surface area (Å²) in [4.78, 5) is 4.95. The smallest absolute Gasteiger partial charge is 0.243 e. The van der Waals surface area contributed by atoms with Gasteiger partial charge in [0.2, 0.25) is 10.0 Å². The van der Waals surface area contributed by atoms with E-state index in [-0.39, 0.29) is 0 Å². The van der Waals surface area contributed by atoms with Crippen molar-refractivity contribution in [1.82, 2.24) is 14.9 Å². The molecule has 0 bridgehead atoms. The van der Waals surface area contributed by atoms with Crippen LogP contribution in [0.4, 0.5) is 0 Å². The summed E-state index contributed by atoms with van der Waals surface area (Å²) in [5, 5.41) is 6.57. The van der Waals surface area contributed by atoms with Crippen LogP contribution in [0.1, 0.15) is 45.6 Å². The fraction of sp³-hybridized carbons (Fsp3) is 0.632. The number of benzene rings is 1. The highest BCUT2D eigenvalue weighted by atomic mass is 32.2. The van der Waals surface area contributed by atoms with Crippen LogP contribution in [-0.4, -0.2) is 44.9 Å². The van der Waals surface area contributed by atoms with Gasteiger partial charge in [-0.05, 0) is 49.8 Å². The van der Waals surface area contributed by atoms with E-state index in [1.807, 2.05) is 19.1 Å². The fourth-order valence-corrected chi connectivity index (χ4v) is 4.35. The Morgan fingerprint density at radius 3 is 2.38 bits per heavy atom. The van der Waals surface area contributed by atoms with Gasteiger partial charge in [-0.15, -0.1) is 0 Å². The van der Waals surface area contributed by atoms with E-state index >= 15 is 0 Å². The van der Waals surface area contributed by atoms with Crippen molar-refractivity contribution in [1.29, 1.82) is 0 Å². The third-order valence-electron chi connectivity index (χ3n) is 4.40. The van der Waals surface area contributed by atoms with Crippen molar-refractivity contribution in [2.45, 2.75) is 51.5 Å². The number of guanidine groups is 1. The first-order valence-electron chi connectivity index (χ1n) is 9.54. The molecule has 1 aliphatic heterocycles. The first-order chi connectivity index (χ1) is 12.4. The second kappa shape index (κ2) is 9.92. The molecule has 0 aromatic heterocycles. The summed E-state index contributed by atoms with van der Waals surface area (Å²) in [5.41, 5.74) is 0.992. The molecule has 146 valence electrons. The van der Waals surface area contributed by atoms with Gasteiger partial charge in [-0.25, -0.2) is 13.4 Å². The summed E-state index contributed by atoms with van der Waals surface area (Å²) >= 11 is 0. The molecule has 0 amide bonds. The molecule has 26 heavy (non-hydrogen) atoms. The molecule has 1 aromatic rings. The molecule has 0 spiro atoms. The summed E-state index contributed by atoms with van der Waals surface area (Å²) < 4.78 is 26.7. The van der Waals surface area contributed by atoms with E-state index in [4.69, 9.17) is 0 Å². The average Bonchev–Trinajstić information content (AvgIpc) is 3.15. The van der Waals surface area contributed by atoms with E-state index in [0.717, 1.165) is 43.9 Å². The Labute approximate surface area is 158 Å². The molecule has 2 N–H and O–H groups in total. The van der Waals surface area contributed by atoms with Crippen molar-refractivity contribution in [3.63, 3.8) is 0 Å². The van der Waals surface area contributed by atoms with E-state index in [0.29, 0.717) is 30.4 Å². The molecule has 1 fully saturated rings. The number of nitrogens with one attached hydrogen (secondary N) is 2. The molecule has 2 rings (SSSR count). The number of nitrogens with zero attached hydrogens (tertiary/aromatic N) is 2. The summed E-state index contributed by atoms with van der Waals surface area (Å²) in [6, 6.07) is 7.09. The van der Waals surface area contributed by atoms with Crippen molar-refractivity contribution in [2.75, 3.05) is 26.2 Å². The zero-order valence-electron chi connectivity index (χ0n) is 16.2. The molecule has 1 heterocycles. The van der Waals surface area contributed by atoms with Gasteiger partial charge in [0, 0.05) is 26.2 Å². The maximum absolute atomic E-state index is 12.5. The highest BCUT2D eigenvalue weighted by Gasteiger charge is 2.26. The lowest BCUT2D eigenvalue weighted by atomic mass is 10.1. The van der Waals surface area contributed by atoms with Gasteiger partial charge in [-0.1, -0.05) is 26.0 Å². The maximum Gasteiger partial charge on any atom is 0.243 e. The third kappa shape index (κ3) is 5.99. The number of rotatable bonds is 8. The topological polar surface area (TPSA) is 73.8 Å². The van der Waals surface area contributed by atoms with E-state index in [2.05, 4.69) is 29.5 Å². The average molecular weight is 381 g/mol. The van der Waals surface area contributed by atoms with E-state index in [1.54, 1.807) is 16.4 Å². The highest BCUT2D eigenvalue weighted by molar-refractivity contribution is 7.89. The Morgan fingerprint density at radius 2 is 1.81 bits per heavy atom. The zero-order chi connectivity index (χ0) is 19.0. The minimum Gasteiger partial charge on any atom is -0.357 e. The van der Waals surface area contributed by atoms with Crippen LogP contribution in [0.5, 0.6) is 0 Å². The first kappa shape index (κ1) is 20.7. The van der Waals surface area contributed by atoms with Gasteiger partial charge in [0.05, 0.1) is 11.4 Å². The molecule has 0 unspecified atom stereocenters. The fourth-order valence-electron chi connectivity index (χ4n) is 2.84. The number of hydrogen-bond acceptors (Lipinski definition) is 3. The summed E-state index contributed by atoms with van der Waals surface area (Å²) in [5.74, 6) is 1.44.